The Labute approximate surface area is 254 Å². The first-order chi connectivity index (χ1) is 20.9. The van der Waals surface area contributed by atoms with Crippen molar-refractivity contribution in [1.82, 2.24) is 26.6 Å². The van der Waals surface area contributed by atoms with E-state index in [1.165, 1.54) is 0 Å². The van der Waals surface area contributed by atoms with Gasteiger partial charge in [0.25, 0.3) is 0 Å². The van der Waals surface area contributed by atoms with Gasteiger partial charge in [0.1, 0.15) is 31.0 Å². The standard InChI is InChI=1S/C25H46N10O9/c26-5-1-3-11(27)7-15(37)30-6-2-4-12(28)8-16(38)32-19-21(40)20(39)14(10-43-24(29)42)44-23(19)35-25-33-17-13(36)9-31-22(41)18(17)34-25/h11-14,17-21,23,36,39-40H,1-10,26-28H2,(H2,29,42)(H,30,37)(H,31,41)(H,32,38)(H2,33,34,35)/t11-,12-,13+,14+,17+,18-,19+,20+,21+,23+/m0/s1. The summed E-state index contributed by atoms with van der Waals surface area (Å²) in [6.07, 6.45) is -5.38. The summed E-state index contributed by atoms with van der Waals surface area (Å²) in [4.78, 5) is 52.5. The van der Waals surface area contributed by atoms with Crippen LogP contribution in [0.15, 0.2) is 4.99 Å². The summed E-state index contributed by atoms with van der Waals surface area (Å²) < 4.78 is 10.5. The molecule has 3 aliphatic rings. The van der Waals surface area contributed by atoms with E-state index in [0.717, 1.165) is 6.42 Å². The van der Waals surface area contributed by atoms with Gasteiger partial charge in [-0.05, 0) is 32.2 Å². The highest BCUT2D eigenvalue weighted by Gasteiger charge is 2.48. The van der Waals surface area contributed by atoms with E-state index in [0.29, 0.717) is 32.4 Å². The number of aliphatic hydroxyl groups is 3. The van der Waals surface area contributed by atoms with Crippen LogP contribution in [0.3, 0.4) is 0 Å². The summed E-state index contributed by atoms with van der Waals surface area (Å²) in [7, 11) is 0. The van der Waals surface area contributed by atoms with Crippen molar-refractivity contribution in [2.75, 3.05) is 26.2 Å². The average Bonchev–Trinajstić information content (AvgIpc) is 3.40. The van der Waals surface area contributed by atoms with Crippen LogP contribution in [-0.2, 0) is 23.9 Å². The molecule has 0 unspecified atom stereocenters. The Balaban J connectivity index is 1.55. The predicted molar refractivity (Wildman–Crippen MR) is 154 cm³/mol. The summed E-state index contributed by atoms with van der Waals surface area (Å²) >= 11 is 0. The SMILES string of the molecule is NCCC[C@H](N)CC(=O)NCCC[C@H](N)CC(=O)N[C@@H]1[C@@H](O)[C@H](O)[C@@H](COC(N)=O)O[C@H]1NC1=N[C@@H]2C(=O)NC[C@@H](O)[C@H]2N1. The molecule has 0 bridgehead atoms. The highest BCUT2D eigenvalue weighted by molar-refractivity contribution is 5.92. The van der Waals surface area contributed by atoms with Gasteiger partial charge in [-0.15, -0.1) is 0 Å². The number of carbonyl (C=O) groups is 4. The molecule has 19 nitrogen and oxygen atoms in total. The van der Waals surface area contributed by atoms with E-state index in [-0.39, 0.29) is 37.3 Å². The molecule has 0 spiro atoms. The van der Waals surface area contributed by atoms with Crippen molar-refractivity contribution in [2.24, 2.45) is 27.9 Å². The van der Waals surface area contributed by atoms with Crippen LogP contribution in [-0.4, -0.2) is 132 Å². The molecule has 19 heteroatoms. The molecule has 44 heavy (non-hydrogen) atoms. The number of piperidine rings is 1. The molecule has 10 atom stereocenters. The van der Waals surface area contributed by atoms with Gasteiger partial charge in [0.2, 0.25) is 17.7 Å². The van der Waals surface area contributed by atoms with E-state index in [4.69, 9.17) is 32.4 Å². The molecule has 0 aliphatic carbocycles. The molecule has 3 aliphatic heterocycles. The van der Waals surface area contributed by atoms with Crippen LogP contribution in [0.5, 0.6) is 0 Å². The van der Waals surface area contributed by atoms with E-state index in [1.807, 2.05) is 0 Å². The fourth-order valence-electron chi connectivity index (χ4n) is 5.19. The molecule has 4 amide bonds. The number of aliphatic hydroxyl groups excluding tert-OH is 3. The molecule has 0 aromatic carbocycles. The zero-order valence-corrected chi connectivity index (χ0v) is 24.4. The third-order valence-electron chi connectivity index (χ3n) is 7.57. The van der Waals surface area contributed by atoms with Gasteiger partial charge < -0.3 is 74.3 Å². The Hall–Kier alpha value is -3.33. The summed E-state index contributed by atoms with van der Waals surface area (Å²) in [5, 5.41) is 45.5. The van der Waals surface area contributed by atoms with Crippen molar-refractivity contribution in [3.8, 4) is 0 Å². The first-order valence-electron chi connectivity index (χ1n) is 14.7. The number of nitrogens with two attached hydrogens (primary N) is 4. The van der Waals surface area contributed by atoms with Crippen molar-refractivity contribution in [1.29, 1.82) is 0 Å². The van der Waals surface area contributed by atoms with Gasteiger partial charge in [-0.3, -0.25) is 14.4 Å². The van der Waals surface area contributed by atoms with Crippen LogP contribution >= 0.6 is 0 Å². The fraction of sp³-hybridized carbons (Fsp3) is 0.800. The summed E-state index contributed by atoms with van der Waals surface area (Å²) in [6.45, 7) is 0.390. The van der Waals surface area contributed by atoms with Crippen LogP contribution in [0.1, 0.15) is 38.5 Å². The van der Waals surface area contributed by atoms with E-state index in [2.05, 4.69) is 31.6 Å². The Kier molecular flexibility index (Phi) is 13.3. The summed E-state index contributed by atoms with van der Waals surface area (Å²) in [6, 6.07) is -3.75. The number of β-amino-alcohol motifs (C(OH)–C–C–N with tert-alkyl or cyclic N) is 1. The molecule has 3 heterocycles. The molecule has 3 rings (SSSR count). The lowest BCUT2D eigenvalue weighted by Gasteiger charge is -2.43. The van der Waals surface area contributed by atoms with Crippen molar-refractivity contribution < 1.29 is 44.0 Å². The second-order valence-corrected chi connectivity index (χ2v) is 11.2. The third kappa shape index (κ3) is 10.1. The Morgan fingerprint density at radius 1 is 1.07 bits per heavy atom. The van der Waals surface area contributed by atoms with Crippen LogP contribution in [0.2, 0.25) is 0 Å². The van der Waals surface area contributed by atoms with Crippen LogP contribution in [0, 0.1) is 0 Å². The number of amides is 4. The first-order valence-corrected chi connectivity index (χ1v) is 14.7. The zero-order valence-electron chi connectivity index (χ0n) is 24.4. The molecule has 250 valence electrons. The smallest absolute Gasteiger partial charge is 0.404 e. The van der Waals surface area contributed by atoms with Crippen molar-refractivity contribution in [3.05, 3.63) is 0 Å². The second-order valence-electron chi connectivity index (χ2n) is 11.2. The summed E-state index contributed by atoms with van der Waals surface area (Å²) in [5.41, 5.74) is 22.5. The summed E-state index contributed by atoms with van der Waals surface area (Å²) in [5.74, 6) is -1.10. The lowest BCUT2D eigenvalue weighted by Crippen LogP contribution is -2.69. The van der Waals surface area contributed by atoms with E-state index >= 15 is 0 Å². The molecule has 0 saturated carbocycles. The monoisotopic (exact) mass is 630 g/mol. The molecule has 2 saturated heterocycles. The molecule has 0 aromatic heterocycles. The van der Waals surface area contributed by atoms with Gasteiger partial charge in [-0.1, -0.05) is 0 Å². The number of primary amides is 1. The maximum Gasteiger partial charge on any atom is 0.404 e. The Bertz CT molecular complexity index is 1040. The van der Waals surface area contributed by atoms with Gasteiger partial charge in [0, 0.05) is 38.0 Å². The number of nitrogens with one attached hydrogen (secondary N) is 5. The second kappa shape index (κ2) is 16.7. The number of ether oxygens (including phenoxy) is 2. The fourth-order valence-corrected chi connectivity index (χ4v) is 5.19. The lowest BCUT2D eigenvalue weighted by atomic mass is 9.95. The quantitative estimate of drug-likeness (QED) is 0.0749. The lowest BCUT2D eigenvalue weighted by molar-refractivity contribution is -0.198. The highest BCUT2D eigenvalue weighted by Crippen LogP contribution is 2.22. The largest absolute Gasteiger partial charge is 0.447 e. The maximum atomic E-state index is 12.9. The number of hydrogen-bond acceptors (Lipinski definition) is 15. The first kappa shape index (κ1) is 35.2. The number of aliphatic imine (C=N–C) groups is 1. The molecule has 0 radical (unpaired) electrons. The number of carbonyl (C=O) groups excluding carboxylic acids is 4. The molecular formula is C25H46N10O9. The molecule has 16 N–H and O–H groups in total. The van der Waals surface area contributed by atoms with Gasteiger partial charge in [-0.2, -0.15) is 0 Å². The Morgan fingerprint density at radius 3 is 2.41 bits per heavy atom. The van der Waals surface area contributed by atoms with Crippen molar-refractivity contribution in [3.63, 3.8) is 0 Å². The minimum Gasteiger partial charge on any atom is -0.447 e. The van der Waals surface area contributed by atoms with Crippen LogP contribution < -0.4 is 49.5 Å². The topological polar surface area (TPSA) is 324 Å². The molecule has 0 aromatic rings. The van der Waals surface area contributed by atoms with E-state index < -0.39 is 79.3 Å². The Morgan fingerprint density at radius 2 is 1.75 bits per heavy atom. The minimum atomic E-state index is -1.60. The van der Waals surface area contributed by atoms with Crippen LogP contribution in [0.25, 0.3) is 0 Å². The number of rotatable bonds is 15. The van der Waals surface area contributed by atoms with Gasteiger partial charge >= 0.3 is 6.09 Å². The van der Waals surface area contributed by atoms with E-state index in [1.54, 1.807) is 0 Å². The molecule has 2 fully saturated rings. The van der Waals surface area contributed by atoms with Crippen molar-refractivity contribution >= 4 is 29.8 Å². The highest BCUT2D eigenvalue weighted by atomic mass is 16.6. The number of hydrogen-bond donors (Lipinski definition) is 12. The third-order valence-corrected chi connectivity index (χ3v) is 7.57. The number of fused-ring (bicyclic) bond motifs is 1. The van der Waals surface area contributed by atoms with E-state index in [9.17, 15) is 34.5 Å². The minimum absolute atomic E-state index is 0.0296. The van der Waals surface area contributed by atoms with Crippen molar-refractivity contribution in [2.45, 2.75) is 99.4 Å². The molecular weight excluding hydrogens is 584 g/mol. The number of nitrogens with zero attached hydrogens (tertiary/aromatic N) is 1. The average molecular weight is 631 g/mol. The van der Waals surface area contributed by atoms with Gasteiger partial charge in [-0.25, -0.2) is 9.79 Å². The predicted octanol–water partition coefficient (Wildman–Crippen LogP) is -6.14. The maximum absolute atomic E-state index is 12.9. The van der Waals surface area contributed by atoms with Gasteiger partial charge in [0.15, 0.2) is 18.2 Å². The van der Waals surface area contributed by atoms with Gasteiger partial charge in [0.05, 0.1) is 12.1 Å². The number of guanidine groups is 1. The zero-order chi connectivity index (χ0) is 32.4. The normalized spacial score (nSPS) is 31.0. The van der Waals surface area contributed by atoms with Crippen LogP contribution in [0.4, 0.5) is 4.79 Å².